The van der Waals surface area contributed by atoms with E-state index >= 15 is 0 Å². The van der Waals surface area contributed by atoms with Crippen molar-refractivity contribution in [3.63, 3.8) is 0 Å². The third kappa shape index (κ3) is 3.28. The lowest BCUT2D eigenvalue weighted by molar-refractivity contribution is 0.0972. The molecule has 0 unspecified atom stereocenters. The Balaban J connectivity index is 1.74. The molecule has 0 aliphatic carbocycles. The van der Waals surface area contributed by atoms with Crippen LogP contribution < -0.4 is 11.2 Å². The van der Waals surface area contributed by atoms with E-state index in [1.165, 1.54) is 41.2 Å². The summed E-state index contributed by atoms with van der Waals surface area (Å²) < 4.78 is 3.41. The minimum atomic E-state index is -0.536. The lowest BCUT2D eigenvalue weighted by Crippen LogP contribution is -2.37. The van der Waals surface area contributed by atoms with Crippen molar-refractivity contribution < 1.29 is 4.79 Å². The van der Waals surface area contributed by atoms with Gasteiger partial charge in [-0.15, -0.1) is 0 Å². The largest absolute Gasteiger partial charge is 0.332 e. The van der Waals surface area contributed by atoms with E-state index < -0.39 is 11.2 Å². The van der Waals surface area contributed by atoms with Crippen LogP contribution in [-0.4, -0.2) is 24.6 Å². The molecule has 7 nitrogen and oxygen atoms in total. The maximum Gasteiger partial charge on any atom is 0.332 e. The summed E-state index contributed by atoms with van der Waals surface area (Å²) in [5.74, 6) is -0.358. The van der Waals surface area contributed by atoms with Gasteiger partial charge >= 0.3 is 5.69 Å². The Morgan fingerprint density at radius 2 is 1.85 bits per heavy atom. The second kappa shape index (κ2) is 7.35. The van der Waals surface area contributed by atoms with Crippen LogP contribution in [0, 0.1) is 0 Å². The van der Waals surface area contributed by atoms with Crippen LogP contribution in [0.2, 0.25) is 0 Å². The van der Waals surface area contributed by atoms with Crippen molar-refractivity contribution in [2.45, 2.75) is 19.3 Å². The molecule has 0 saturated carbocycles. The van der Waals surface area contributed by atoms with Crippen LogP contribution in [0.1, 0.15) is 23.2 Å². The molecule has 0 fully saturated rings. The number of imidazole rings is 1. The van der Waals surface area contributed by atoms with Crippen LogP contribution in [-0.2, 0) is 20.5 Å². The van der Waals surface area contributed by atoms with E-state index in [4.69, 9.17) is 0 Å². The van der Waals surface area contributed by atoms with Gasteiger partial charge in [-0.1, -0.05) is 36.4 Å². The van der Waals surface area contributed by atoms with Crippen LogP contribution in [0.15, 0.2) is 58.4 Å². The van der Waals surface area contributed by atoms with Crippen molar-refractivity contribution in [2.24, 2.45) is 14.1 Å². The first-order valence-corrected chi connectivity index (χ1v) is 8.38. The summed E-state index contributed by atoms with van der Waals surface area (Å²) in [4.78, 5) is 40.7. The molecule has 0 bridgehead atoms. The Hall–Kier alpha value is -3.22. The number of fused-ring (bicyclic) bond motifs is 1. The number of carbonyl (C=O) groups is 1. The van der Waals surface area contributed by atoms with E-state index in [1.807, 2.05) is 18.2 Å². The van der Waals surface area contributed by atoms with Gasteiger partial charge in [-0.2, -0.15) is 0 Å². The summed E-state index contributed by atoms with van der Waals surface area (Å²) in [6.07, 6.45) is 7.14. The van der Waals surface area contributed by atoms with Crippen LogP contribution in [0.3, 0.4) is 0 Å². The van der Waals surface area contributed by atoms with Crippen LogP contribution >= 0.6 is 0 Å². The maximum absolute atomic E-state index is 12.4. The molecule has 3 aromatic rings. The summed E-state index contributed by atoms with van der Waals surface area (Å²) in [6.45, 7) is 0. The first-order valence-electron chi connectivity index (χ1n) is 8.38. The van der Waals surface area contributed by atoms with Crippen molar-refractivity contribution in [1.29, 1.82) is 0 Å². The van der Waals surface area contributed by atoms with Crippen LogP contribution in [0.25, 0.3) is 11.2 Å². The van der Waals surface area contributed by atoms with Gasteiger partial charge in [-0.25, -0.2) is 9.78 Å². The minimum absolute atomic E-state index is 0.105. The predicted molar refractivity (Wildman–Crippen MR) is 99.4 cm³/mol. The fraction of sp³-hybridized carbons (Fsp3) is 0.263. The molecule has 0 radical (unpaired) electrons. The van der Waals surface area contributed by atoms with Gasteiger partial charge in [-0.3, -0.25) is 23.3 Å². The molecular weight excluding hydrogens is 332 g/mol. The SMILES string of the molecule is Cn1c(=O)c2c(ncn2C(=O)C=CCCCc2ccccc2)n(C)c1=O. The highest BCUT2D eigenvalue weighted by Gasteiger charge is 2.16. The molecule has 134 valence electrons. The number of aryl methyl sites for hydroxylation is 2. The molecule has 0 spiro atoms. The van der Waals surface area contributed by atoms with Gasteiger partial charge in [0.2, 0.25) is 0 Å². The Morgan fingerprint density at radius 1 is 1.12 bits per heavy atom. The van der Waals surface area contributed by atoms with E-state index in [0.717, 1.165) is 23.8 Å². The molecule has 1 aromatic carbocycles. The van der Waals surface area contributed by atoms with E-state index in [2.05, 4.69) is 17.1 Å². The fourth-order valence-electron chi connectivity index (χ4n) is 2.84. The average molecular weight is 352 g/mol. The second-order valence-corrected chi connectivity index (χ2v) is 6.11. The Bertz CT molecular complexity index is 1090. The van der Waals surface area contributed by atoms with Gasteiger partial charge in [-0.05, 0) is 30.9 Å². The van der Waals surface area contributed by atoms with Gasteiger partial charge in [0.05, 0.1) is 0 Å². The number of benzene rings is 1. The minimum Gasteiger partial charge on any atom is -0.279 e. The lowest BCUT2D eigenvalue weighted by atomic mass is 10.1. The molecule has 0 saturated heterocycles. The molecule has 0 amide bonds. The standard InChI is InChI=1S/C19H20N4O3/c1-21-17-16(18(25)22(2)19(21)26)23(13-20-17)15(24)12-8-4-7-11-14-9-5-3-6-10-14/h3,5-6,8-10,12-13H,4,7,11H2,1-2H3. The molecule has 2 heterocycles. The fourth-order valence-corrected chi connectivity index (χ4v) is 2.84. The summed E-state index contributed by atoms with van der Waals surface area (Å²) in [5.41, 5.74) is 0.554. The van der Waals surface area contributed by atoms with Gasteiger partial charge in [0.15, 0.2) is 11.2 Å². The Kier molecular flexibility index (Phi) is 4.97. The van der Waals surface area contributed by atoms with Crippen LogP contribution in [0.5, 0.6) is 0 Å². The number of unbranched alkanes of at least 4 members (excludes halogenated alkanes) is 1. The third-order valence-electron chi connectivity index (χ3n) is 4.32. The highest BCUT2D eigenvalue weighted by molar-refractivity contribution is 5.95. The van der Waals surface area contributed by atoms with Crippen LogP contribution in [0.4, 0.5) is 0 Å². The monoisotopic (exact) mass is 352 g/mol. The van der Waals surface area contributed by atoms with E-state index in [1.54, 1.807) is 6.08 Å². The summed E-state index contributed by atoms with van der Waals surface area (Å²) in [6, 6.07) is 10.1. The molecule has 3 rings (SSSR count). The van der Waals surface area contributed by atoms with Gasteiger partial charge < -0.3 is 0 Å². The number of aromatic nitrogens is 4. The van der Waals surface area contributed by atoms with Crippen molar-refractivity contribution in [1.82, 2.24) is 18.7 Å². The van der Waals surface area contributed by atoms with Crippen molar-refractivity contribution in [3.05, 3.63) is 75.2 Å². The molecule has 0 atom stereocenters. The molecule has 2 aromatic heterocycles. The molecule has 0 aliphatic heterocycles. The van der Waals surface area contributed by atoms with Crippen molar-refractivity contribution in [3.8, 4) is 0 Å². The number of nitrogens with zero attached hydrogens (tertiary/aromatic N) is 4. The van der Waals surface area contributed by atoms with Crippen molar-refractivity contribution >= 4 is 17.1 Å². The molecule has 0 N–H and O–H groups in total. The topological polar surface area (TPSA) is 78.9 Å². The average Bonchev–Trinajstić information content (AvgIpc) is 3.10. The lowest BCUT2D eigenvalue weighted by Gasteiger charge is -2.04. The molecule has 26 heavy (non-hydrogen) atoms. The van der Waals surface area contributed by atoms with E-state index in [0.29, 0.717) is 0 Å². The number of allylic oxidation sites excluding steroid dienone is 2. The van der Waals surface area contributed by atoms with E-state index in [-0.39, 0.29) is 17.1 Å². The van der Waals surface area contributed by atoms with Gasteiger partial charge in [0.1, 0.15) is 6.33 Å². The third-order valence-corrected chi connectivity index (χ3v) is 4.32. The van der Waals surface area contributed by atoms with Crippen molar-refractivity contribution in [2.75, 3.05) is 0 Å². The van der Waals surface area contributed by atoms with Gasteiger partial charge in [0, 0.05) is 14.1 Å². The smallest absolute Gasteiger partial charge is 0.279 e. The number of rotatable bonds is 5. The Labute approximate surface area is 149 Å². The number of hydrogen-bond donors (Lipinski definition) is 0. The molecule has 7 heteroatoms. The maximum atomic E-state index is 12.4. The second-order valence-electron chi connectivity index (χ2n) is 6.11. The first kappa shape index (κ1) is 17.6. The summed E-state index contributed by atoms with van der Waals surface area (Å²) in [7, 11) is 2.90. The first-order chi connectivity index (χ1) is 12.5. The number of carbonyl (C=O) groups excluding carboxylic acids is 1. The van der Waals surface area contributed by atoms with Gasteiger partial charge in [0.25, 0.3) is 11.5 Å². The van der Waals surface area contributed by atoms with E-state index in [9.17, 15) is 14.4 Å². The highest BCUT2D eigenvalue weighted by atomic mass is 16.2. The number of hydrogen-bond acceptors (Lipinski definition) is 4. The zero-order valence-electron chi connectivity index (χ0n) is 14.8. The quantitative estimate of drug-likeness (QED) is 0.517. The summed E-state index contributed by atoms with van der Waals surface area (Å²) >= 11 is 0. The Morgan fingerprint density at radius 3 is 2.58 bits per heavy atom. The zero-order chi connectivity index (χ0) is 18.7. The normalized spacial score (nSPS) is 11.5. The zero-order valence-corrected chi connectivity index (χ0v) is 14.8. The summed E-state index contributed by atoms with van der Waals surface area (Å²) in [5, 5.41) is 0. The highest BCUT2D eigenvalue weighted by Crippen LogP contribution is 2.07. The molecular formula is C19H20N4O3. The molecule has 0 aliphatic rings. The predicted octanol–water partition coefficient (Wildman–Crippen LogP) is 1.65.